The Hall–Kier alpha value is -0.910. The molecule has 108 valence electrons. The molecule has 1 aromatic carbocycles. The fraction of sp³-hybridized carbons (Fsp3) is 0.571. The Balaban J connectivity index is 2.56. The molecule has 0 radical (unpaired) electrons. The van der Waals surface area contributed by atoms with E-state index in [0.29, 0.717) is 11.4 Å². The van der Waals surface area contributed by atoms with Gasteiger partial charge in [-0.1, -0.05) is 26.0 Å². The van der Waals surface area contributed by atoms with Gasteiger partial charge in [-0.3, -0.25) is 0 Å². The van der Waals surface area contributed by atoms with Crippen molar-refractivity contribution in [1.82, 2.24) is 10.0 Å². The van der Waals surface area contributed by atoms with Crippen molar-refractivity contribution in [2.45, 2.75) is 38.0 Å². The van der Waals surface area contributed by atoms with Crippen LogP contribution in [0.1, 0.15) is 32.3 Å². The Morgan fingerprint density at radius 2 is 1.58 bits per heavy atom. The number of sulfonamides is 1. The van der Waals surface area contributed by atoms with E-state index in [1.54, 1.807) is 12.1 Å². The molecule has 0 aliphatic rings. The monoisotopic (exact) mass is 284 g/mol. The highest BCUT2D eigenvalue weighted by Crippen LogP contribution is 2.10. The Morgan fingerprint density at radius 1 is 0.947 bits per heavy atom. The summed E-state index contributed by atoms with van der Waals surface area (Å²) in [6, 6.07) is 7.11. The van der Waals surface area contributed by atoms with E-state index in [9.17, 15) is 8.42 Å². The highest BCUT2D eigenvalue weighted by Gasteiger charge is 2.12. The smallest absolute Gasteiger partial charge is 0.240 e. The van der Waals surface area contributed by atoms with Crippen LogP contribution in [0, 0.1) is 0 Å². The van der Waals surface area contributed by atoms with Crippen LogP contribution in [0.3, 0.4) is 0 Å². The zero-order chi connectivity index (χ0) is 14.1. The quantitative estimate of drug-likeness (QED) is 0.681. The summed E-state index contributed by atoms with van der Waals surface area (Å²) in [5.41, 5.74) is 1.15. The lowest BCUT2D eigenvalue weighted by molar-refractivity contribution is 0.580. The van der Waals surface area contributed by atoms with Crippen LogP contribution in [0.4, 0.5) is 0 Å². The van der Waals surface area contributed by atoms with Crippen LogP contribution in [0.15, 0.2) is 29.2 Å². The fourth-order valence-electron chi connectivity index (χ4n) is 1.69. The van der Waals surface area contributed by atoms with Crippen LogP contribution < -0.4 is 10.0 Å². The van der Waals surface area contributed by atoms with Crippen molar-refractivity contribution in [2.75, 3.05) is 19.6 Å². The summed E-state index contributed by atoms with van der Waals surface area (Å²) in [7, 11) is -3.33. The molecule has 0 aliphatic heterocycles. The highest BCUT2D eigenvalue weighted by atomic mass is 32.2. The number of nitrogens with one attached hydrogen (secondary N) is 2. The predicted octanol–water partition coefficient (Wildman–Crippen LogP) is 1.92. The van der Waals surface area contributed by atoms with Gasteiger partial charge >= 0.3 is 0 Å². The molecule has 1 rings (SSSR count). The molecule has 5 heteroatoms. The topological polar surface area (TPSA) is 58.2 Å². The van der Waals surface area contributed by atoms with Gasteiger partial charge < -0.3 is 5.32 Å². The van der Waals surface area contributed by atoms with Crippen LogP contribution in [0.5, 0.6) is 0 Å². The van der Waals surface area contributed by atoms with Crippen LogP contribution in [-0.2, 0) is 16.4 Å². The van der Waals surface area contributed by atoms with E-state index in [2.05, 4.69) is 17.0 Å². The van der Waals surface area contributed by atoms with Gasteiger partial charge in [0.1, 0.15) is 0 Å². The Labute approximate surface area is 116 Å². The first kappa shape index (κ1) is 16.1. The van der Waals surface area contributed by atoms with Gasteiger partial charge in [0.2, 0.25) is 10.0 Å². The lowest BCUT2D eigenvalue weighted by Crippen LogP contribution is -2.24. The van der Waals surface area contributed by atoms with E-state index >= 15 is 0 Å². The molecule has 0 spiro atoms. The minimum Gasteiger partial charge on any atom is -0.316 e. The lowest BCUT2D eigenvalue weighted by Gasteiger charge is -2.07. The van der Waals surface area contributed by atoms with Gasteiger partial charge in [0, 0.05) is 6.54 Å². The molecule has 0 saturated heterocycles. The van der Waals surface area contributed by atoms with Crippen molar-refractivity contribution in [3.05, 3.63) is 29.8 Å². The third-order valence-electron chi connectivity index (χ3n) is 2.79. The first-order chi connectivity index (χ1) is 9.10. The number of rotatable bonds is 9. The lowest BCUT2D eigenvalue weighted by atomic mass is 10.1. The molecule has 0 fully saturated rings. The molecule has 0 saturated carbocycles. The summed E-state index contributed by atoms with van der Waals surface area (Å²) < 4.78 is 26.3. The third-order valence-corrected chi connectivity index (χ3v) is 4.27. The van der Waals surface area contributed by atoms with Crippen LogP contribution in [-0.4, -0.2) is 28.1 Å². The summed E-state index contributed by atoms with van der Waals surface area (Å²) in [4.78, 5) is 0.339. The molecule has 4 nitrogen and oxygen atoms in total. The van der Waals surface area contributed by atoms with Crippen molar-refractivity contribution >= 4 is 10.0 Å². The first-order valence-corrected chi connectivity index (χ1v) is 8.37. The Kier molecular flexibility index (Phi) is 7.05. The minimum atomic E-state index is -3.33. The maximum Gasteiger partial charge on any atom is 0.240 e. The molecular formula is C14H24N2O2S. The van der Waals surface area contributed by atoms with Crippen molar-refractivity contribution in [1.29, 1.82) is 0 Å². The van der Waals surface area contributed by atoms with Crippen LogP contribution in [0.25, 0.3) is 0 Å². The molecule has 1 aromatic rings. The number of benzene rings is 1. The molecule has 0 unspecified atom stereocenters. The maximum atomic E-state index is 11.9. The maximum absolute atomic E-state index is 11.9. The van der Waals surface area contributed by atoms with E-state index in [1.165, 1.54) is 0 Å². The third kappa shape index (κ3) is 5.72. The molecule has 0 amide bonds. The standard InChI is InChI=1S/C14H24N2O2S/c1-3-10-15-12-9-13-5-7-14(8-6-13)19(17,18)16-11-4-2/h5-8,15-16H,3-4,9-12H2,1-2H3. The van der Waals surface area contributed by atoms with E-state index < -0.39 is 10.0 Å². The van der Waals surface area contributed by atoms with Gasteiger partial charge in [-0.15, -0.1) is 0 Å². The largest absolute Gasteiger partial charge is 0.316 e. The van der Waals surface area contributed by atoms with Crippen molar-refractivity contribution in [3.8, 4) is 0 Å². The van der Waals surface area contributed by atoms with Gasteiger partial charge in [0.15, 0.2) is 0 Å². The van der Waals surface area contributed by atoms with Gasteiger partial charge in [-0.2, -0.15) is 0 Å². The fourth-order valence-corrected chi connectivity index (χ4v) is 2.82. The zero-order valence-corrected chi connectivity index (χ0v) is 12.6. The second-order valence-electron chi connectivity index (χ2n) is 4.54. The predicted molar refractivity (Wildman–Crippen MR) is 78.8 cm³/mol. The van der Waals surface area contributed by atoms with Crippen molar-refractivity contribution in [2.24, 2.45) is 0 Å². The second kappa shape index (κ2) is 8.30. The molecule has 0 aliphatic carbocycles. The summed E-state index contributed by atoms with van der Waals surface area (Å²) in [6.07, 6.45) is 2.84. The summed E-state index contributed by atoms with van der Waals surface area (Å²) in [6.45, 7) is 6.50. The number of hydrogen-bond acceptors (Lipinski definition) is 3. The molecule has 0 atom stereocenters. The van der Waals surface area contributed by atoms with Crippen molar-refractivity contribution < 1.29 is 8.42 Å². The molecule has 0 heterocycles. The molecule has 0 aromatic heterocycles. The molecular weight excluding hydrogens is 260 g/mol. The van der Waals surface area contributed by atoms with Crippen molar-refractivity contribution in [3.63, 3.8) is 0 Å². The first-order valence-electron chi connectivity index (χ1n) is 6.89. The van der Waals surface area contributed by atoms with Gasteiger partial charge in [0.25, 0.3) is 0 Å². The minimum absolute atomic E-state index is 0.339. The summed E-state index contributed by atoms with van der Waals surface area (Å²) in [5.74, 6) is 0. The summed E-state index contributed by atoms with van der Waals surface area (Å²) in [5, 5.41) is 3.33. The molecule has 0 bridgehead atoms. The molecule has 2 N–H and O–H groups in total. The highest BCUT2D eigenvalue weighted by molar-refractivity contribution is 7.89. The second-order valence-corrected chi connectivity index (χ2v) is 6.31. The average Bonchev–Trinajstić information content (AvgIpc) is 2.42. The van der Waals surface area contributed by atoms with E-state index in [0.717, 1.165) is 37.9 Å². The average molecular weight is 284 g/mol. The van der Waals surface area contributed by atoms with Gasteiger partial charge in [-0.05, 0) is 50.0 Å². The normalized spacial score (nSPS) is 11.7. The summed E-state index contributed by atoms with van der Waals surface area (Å²) >= 11 is 0. The Bertz CT molecular complexity index is 455. The Morgan fingerprint density at radius 3 is 2.16 bits per heavy atom. The van der Waals surface area contributed by atoms with E-state index in [4.69, 9.17) is 0 Å². The SMILES string of the molecule is CCCNCCc1ccc(S(=O)(=O)NCCC)cc1. The number of hydrogen-bond donors (Lipinski definition) is 2. The van der Waals surface area contributed by atoms with Crippen LogP contribution in [0.2, 0.25) is 0 Å². The zero-order valence-electron chi connectivity index (χ0n) is 11.8. The van der Waals surface area contributed by atoms with Gasteiger partial charge in [-0.25, -0.2) is 13.1 Å². The van der Waals surface area contributed by atoms with E-state index in [-0.39, 0.29) is 0 Å². The van der Waals surface area contributed by atoms with Gasteiger partial charge in [0.05, 0.1) is 4.90 Å². The van der Waals surface area contributed by atoms with Crippen LogP contribution >= 0.6 is 0 Å². The van der Waals surface area contributed by atoms with E-state index in [1.807, 2.05) is 19.1 Å². The molecule has 19 heavy (non-hydrogen) atoms.